The van der Waals surface area contributed by atoms with Gasteiger partial charge in [0.15, 0.2) is 0 Å². The molecule has 2 heterocycles. The van der Waals surface area contributed by atoms with E-state index >= 15 is 0 Å². The number of likely N-dealkylation sites (N-methyl/N-ethyl adjacent to an activating group) is 1. The predicted octanol–water partition coefficient (Wildman–Crippen LogP) is 4.14. The van der Waals surface area contributed by atoms with Crippen LogP contribution in [0.25, 0.3) is 10.9 Å². The maximum atomic E-state index is 13.0. The number of carbonyl (C=O) groups excluding carboxylic acids is 1. The van der Waals surface area contributed by atoms with Crippen LogP contribution < -0.4 is 9.47 Å². The summed E-state index contributed by atoms with van der Waals surface area (Å²) in [5.74, 6) is 1.60. The van der Waals surface area contributed by atoms with E-state index in [-0.39, 0.29) is 12.0 Å². The van der Waals surface area contributed by atoms with Gasteiger partial charge in [0.25, 0.3) is 0 Å². The number of amides is 1. The van der Waals surface area contributed by atoms with Gasteiger partial charge in [-0.15, -0.1) is 0 Å². The summed E-state index contributed by atoms with van der Waals surface area (Å²) in [7, 11) is 3.47. The smallest absolute Gasteiger partial charge is 0.236 e. The number of halogens is 1. The third kappa shape index (κ3) is 4.75. The third-order valence-corrected chi connectivity index (χ3v) is 5.73. The summed E-state index contributed by atoms with van der Waals surface area (Å²) >= 11 is 6.17. The molecule has 0 saturated heterocycles. The average molecular weight is 440 g/mol. The molecule has 7 heteroatoms. The molecule has 0 aliphatic carbocycles. The molecular formula is C24H26ClN3O3. The summed E-state index contributed by atoms with van der Waals surface area (Å²) in [5, 5.41) is 1.65. The standard InChI is InChI=1S/C24H26ClN3O3/c1-16-12-28(14-18-11-19(25)7-9-21(18)31-16)15-23(29)27(2)13-17-6-8-22(30-3)24-20(17)5-4-10-26-24/h4-11,16H,12-15H2,1-3H3. The van der Waals surface area contributed by atoms with Crippen molar-refractivity contribution in [3.05, 3.63) is 64.8 Å². The van der Waals surface area contributed by atoms with E-state index in [4.69, 9.17) is 21.1 Å². The first kappa shape index (κ1) is 21.4. The zero-order chi connectivity index (χ0) is 22.0. The van der Waals surface area contributed by atoms with Crippen LogP contribution in [0.4, 0.5) is 0 Å². The molecule has 1 atom stereocenters. The number of methoxy groups -OCH3 is 1. The minimum Gasteiger partial charge on any atom is -0.494 e. The Bertz CT molecular complexity index is 1100. The second kappa shape index (κ2) is 9.12. The Hall–Kier alpha value is -2.83. The zero-order valence-electron chi connectivity index (χ0n) is 18.0. The second-order valence-corrected chi connectivity index (χ2v) is 8.36. The van der Waals surface area contributed by atoms with Gasteiger partial charge in [0.2, 0.25) is 5.91 Å². The molecule has 1 amide bonds. The quantitative estimate of drug-likeness (QED) is 0.598. The summed E-state index contributed by atoms with van der Waals surface area (Å²) in [4.78, 5) is 21.4. The van der Waals surface area contributed by atoms with Gasteiger partial charge in [-0.05, 0) is 42.8 Å². The van der Waals surface area contributed by atoms with Crippen LogP contribution in [0.1, 0.15) is 18.1 Å². The number of rotatable bonds is 5. The van der Waals surface area contributed by atoms with Gasteiger partial charge in [-0.3, -0.25) is 14.7 Å². The molecule has 4 rings (SSSR count). The molecule has 3 aromatic rings. The van der Waals surface area contributed by atoms with Crippen LogP contribution in [-0.2, 0) is 17.9 Å². The van der Waals surface area contributed by atoms with Crippen molar-refractivity contribution in [2.75, 3.05) is 27.2 Å². The van der Waals surface area contributed by atoms with Crippen molar-refractivity contribution in [2.45, 2.75) is 26.1 Å². The van der Waals surface area contributed by atoms with Gasteiger partial charge in [0.1, 0.15) is 23.1 Å². The van der Waals surface area contributed by atoms with E-state index in [1.807, 2.05) is 56.4 Å². The van der Waals surface area contributed by atoms with E-state index in [1.54, 1.807) is 18.2 Å². The van der Waals surface area contributed by atoms with E-state index in [2.05, 4.69) is 9.88 Å². The topological polar surface area (TPSA) is 54.9 Å². The van der Waals surface area contributed by atoms with E-state index in [0.717, 1.165) is 33.5 Å². The number of nitrogens with zero attached hydrogens (tertiary/aromatic N) is 3. The molecule has 0 fully saturated rings. The molecular weight excluding hydrogens is 414 g/mol. The average Bonchev–Trinajstić information content (AvgIpc) is 2.90. The lowest BCUT2D eigenvalue weighted by Crippen LogP contribution is -2.40. The number of hydrogen-bond acceptors (Lipinski definition) is 5. The van der Waals surface area contributed by atoms with E-state index in [1.165, 1.54) is 0 Å². The van der Waals surface area contributed by atoms with Crippen LogP contribution >= 0.6 is 11.6 Å². The molecule has 0 N–H and O–H groups in total. The monoisotopic (exact) mass is 439 g/mol. The third-order valence-electron chi connectivity index (χ3n) is 5.49. The number of benzene rings is 2. The Kier molecular flexibility index (Phi) is 6.30. The summed E-state index contributed by atoms with van der Waals surface area (Å²) < 4.78 is 11.4. The van der Waals surface area contributed by atoms with Gasteiger partial charge >= 0.3 is 0 Å². The van der Waals surface area contributed by atoms with Crippen molar-refractivity contribution >= 4 is 28.4 Å². The minimum atomic E-state index is -0.0165. The van der Waals surface area contributed by atoms with Gasteiger partial charge < -0.3 is 14.4 Å². The fourth-order valence-corrected chi connectivity index (χ4v) is 4.19. The highest BCUT2D eigenvalue weighted by Crippen LogP contribution is 2.29. The molecule has 0 spiro atoms. The maximum Gasteiger partial charge on any atom is 0.236 e. The van der Waals surface area contributed by atoms with Gasteiger partial charge in [0.05, 0.1) is 13.7 Å². The van der Waals surface area contributed by atoms with Gasteiger partial charge in [-0.2, -0.15) is 0 Å². The number of hydrogen-bond donors (Lipinski definition) is 0. The maximum absolute atomic E-state index is 13.0. The first-order chi connectivity index (χ1) is 14.9. The van der Waals surface area contributed by atoms with Crippen LogP contribution in [0, 0.1) is 0 Å². The molecule has 1 aromatic heterocycles. The first-order valence-electron chi connectivity index (χ1n) is 10.3. The highest BCUT2D eigenvalue weighted by molar-refractivity contribution is 6.30. The summed E-state index contributed by atoms with van der Waals surface area (Å²) in [5.41, 5.74) is 2.83. The largest absolute Gasteiger partial charge is 0.494 e. The molecule has 1 aliphatic rings. The van der Waals surface area contributed by atoms with Crippen LogP contribution in [0.2, 0.25) is 5.02 Å². The van der Waals surface area contributed by atoms with Crippen molar-refractivity contribution in [3.63, 3.8) is 0 Å². The van der Waals surface area contributed by atoms with Crippen molar-refractivity contribution in [2.24, 2.45) is 0 Å². The summed E-state index contributed by atoms with van der Waals surface area (Å²) in [6, 6.07) is 13.4. The number of fused-ring (bicyclic) bond motifs is 2. The SMILES string of the molecule is COc1ccc(CN(C)C(=O)CN2Cc3cc(Cl)ccc3OC(C)C2)c2cccnc12. The lowest BCUT2D eigenvalue weighted by molar-refractivity contribution is -0.131. The first-order valence-corrected chi connectivity index (χ1v) is 10.6. The number of pyridine rings is 1. The van der Waals surface area contributed by atoms with Crippen LogP contribution in [0.3, 0.4) is 0 Å². The number of aromatic nitrogens is 1. The Morgan fingerprint density at radius 3 is 2.97 bits per heavy atom. The number of ether oxygens (including phenoxy) is 2. The predicted molar refractivity (Wildman–Crippen MR) is 122 cm³/mol. The molecule has 1 aliphatic heterocycles. The Labute approximate surface area is 187 Å². The van der Waals surface area contributed by atoms with Crippen molar-refractivity contribution < 1.29 is 14.3 Å². The summed E-state index contributed by atoms with van der Waals surface area (Å²) in [6.45, 7) is 4.10. The van der Waals surface area contributed by atoms with Crippen LogP contribution in [-0.4, -0.2) is 54.0 Å². The lowest BCUT2D eigenvalue weighted by atomic mass is 10.1. The molecule has 6 nitrogen and oxygen atoms in total. The van der Waals surface area contributed by atoms with Crippen molar-refractivity contribution in [1.82, 2.24) is 14.8 Å². The Morgan fingerprint density at radius 2 is 2.16 bits per heavy atom. The highest BCUT2D eigenvalue weighted by Gasteiger charge is 2.23. The van der Waals surface area contributed by atoms with E-state index in [0.29, 0.717) is 31.2 Å². The zero-order valence-corrected chi connectivity index (χ0v) is 18.7. The van der Waals surface area contributed by atoms with E-state index < -0.39 is 0 Å². The van der Waals surface area contributed by atoms with Gasteiger partial charge in [0, 0.05) is 48.9 Å². The van der Waals surface area contributed by atoms with Crippen molar-refractivity contribution in [1.29, 1.82) is 0 Å². The fraction of sp³-hybridized carbons (Fsp3) is 0.333. The minimum absolute atomic E-state index is 0.0165. The Balaban J connectivity index is 1.48. The van der Waals surface area contributed by atoms with Gasteiger partial charge in [-0.25, -0.2) is 0 Å². The molecule has 162 valence electrons. The van der Waals surface area contributed by atoms with Crippen molar-refractivity contribution in [3.8, 4) is 11.5 Å². The fourth-order valence-electron chi connectivity index (χ4n) is 3.99. The molecule has 0 bridgehead atoms. The Morgan fingerprint density at radius 1 is 1.32 bits per heavy atom. The van der Waals surface area contributed by atoms with Gasteiger partial charge in [-0.1, -0.05) is 23.7 Å². The summed E-state index contributed by atoms with van der Waals surface area (Å²) in [6.07, 6.45) is 1.73. The molecule has 2 aromatic carbocycles. The van der Waals surface area contributed by atoms with Crippen LogP contribution in [0.15, 0.2) is 48.7 Å². The van der Waals surface area contributed by atoms with E-state index in [9.17, 15) is 4.79 Å². The van der Waals surface area contributed by atoms with Crippen LogP contribution in [0.5, 0.6) is 11.5 Å². The number of carbonyl (C=O) groups is 1. The highest BCUT2D eigenvalue weighted by atomic mass is 35.5. The lowest BCUT2D eigenvalue weighted by Gasteiger charge is -2.25. The normalized spacial score (nSPS) is 16.3. The second-order valence-electron chi connectivity index (χ2n) is 7.93. The molecule has 0 saturated carbocycles. The molecule has 0 radical (unpaired) electrons. The molecule has 31 heavy (non-hydrogen) atoms. The molecule has 1 unspecified atom stereocenters.